The molecule has 1 aliphatic heterocycles. The summed E-state index contributed by atoms with van der Waals surface area (Å²) >= 11 is 0. The molecule has 2 heterocycles. The van der Waals surface area contributed by atoms with Crippen molar-refractivity contribution in [3.63, 3.8) is 0 Å². The van der Waals surface area contributed by atoms with E-state index in [-0.39, 0.29) is 6.61 Å². The van der Waals surface area contributed by atoms with Gasteiger partial charge in [0.25, 0.3) is 0 Å². The smallest absolute Gasteiger partial charge is 0.0446 e. The topological polar surface area (TPSA) is 39.6 Å². The number of hydrogen-bond acceptors (Lipinski definition) is 4. The summed E-state index contributed by atoms with van der Waals surface area (Å²) in [5.41, 5.74) is 2.76. The number of aliphatic hydroxyl groups is 1. The van der Waals surface area contributed by atoms with Crippen molar-refractivity contribution in [3.8, 4) is 0 Å². The Labute approximate surface area is 156 Å². The molecule has 0 bridgehead atoms. The lowest BCUT2D eigenvalue weighted by Gasteiger charge is -2.45. The van der Waals surface area contributed by atoms with Crippen molar-refractivity contribution in [1.82, 2.24) is 14.8 Å². The van der Waals surface area contributed by atoms with Crippen molar-refractivity contribution < 1.29 is 5.11 Å². The molecule has 1 aliphatic carbocycles. The number of aromatic nitrogens is 1. The van der Waals surface area contributed by atoms with Gasteiger partial charge >= 0.3 is 0 Å². The molecule has 2 fully saturated rings. The summed E-state index contributed by atoms with van der Waals surface area (Å²) in [7, 11) is 0. The summed E-state index contributed by atoms with van der Waals surface area (Å²) in [4.78, 5) is 9.41. The maximum atomic E-state index is 9.61. The monoisotopic (exact) mass is 351 g/mol. The highest BCUT2D eigenvalue weighted by Gasteiger charge is 2.39. The van der Waals surface area contributed by atoms with Gasteiger partial charge in [-0.25, -0.2) is 0 Å². The van der Waals surface area contributed by atoms with Crippen LogP contribution in [0.4, 0.5) is 0 Å². The summed E-state index contributed by atoms with van der Waals surface area (Å²) in [6.07, 6.45) is 7.35. The highest BCUT2D eigenvalue weighted by molar-refractivity contribution is 5.19. The number of piperazine rings is 1. The zero-order chi connectivity index (χ0) is 17.8. The van der Waals surface area contributed by atoms with Gasteiger partial charge in [0, 0.05) is 57.3 Å². The van der Waals surface area contributed by atoms with Gasteiger partial charge in [0.1, 0.15) is 0 Å². The number of pyridine rings is 1. The number of hydrogen-bond donors (Lipinski definition) is 1. The molecule has 2 aliphatic rings. The molecule has 4 rings (SSSR count). The highest BCUT2D eigenvalue weighted by Crippen LogP contribution is 2.45. The molecule has 0 spiro atoms. The molecule has 0 amide bonds. The quantitative estimate of drug-likeness (QED) is 0.832. The zero-order valence-electron chi connectivity index (χ0n) is 15.4. The van der Waals surface area contributed by atoms with Crippen molar-refractivity contribution in [1.29, 1.82) is 0 Å². The molecule has 1 N–H and O–H groups in total. The second-order valence-corrected chi connectivity index (χ2v) is 7.68. The van der Waals surface area contributed by atoms with E-state index in [1.165, 1.54) is 24.0 Å². The lowest BCUT2D eigenvalue weighted by molar-refractivity contribution is 0.0253. The van der Waals surface area contributed by atoms with Gasteiger partial charge in [-0.2, -0.15) is 0 Å². The third-order valence-corrected chi connectivity index (χ3v) is 5.84. The number of aliphatic hydroxyl groups excluding tert-OH is 1. The third-order valence-electron chi connectivity index (χ3n) is 5.84. The Morgan fingerprint density at radius 3 is 2.50 bits per heavy atom. The van der Waals surface area contributed by atoms with Crippen LogP contribution in [0.3, 0.4) is 0 Å². The maximum absolute atomic E-state index is 9.61. The summed E-state index contributed by atoms with van der Waals surface area (Å²) in [5, 5.41) is 9.61. The zero-order valence-corrected chi connectivity index (χ0v) is 15.4. The summed E-state index contributed by atoms with van der Waals surface area (Å²) < 4.78 is 0. The molecule has 2 unspecified atom stereocenters. The number of benzene rings is 1. The standard InChI is InChI=1S/C22H29N3O/c26-15-10-21-17-25(14-13-24(21)16-18-4-2-1-3-5-18)22(19-6-7-19)20-8-11-23-12-9-20/h1-5,8-9,11-12,19,21-22,26H,6-7,10,13-17H2. The third kappa shape index (κ3) is 4.14. The first-order valence-electron chi connectivity index (χ1n) is 9.88. The number of nitrogens with zero attached hydrogens (tertiary/aromatic N) is 3. The molecule has 1 aromatic carbocycles. The van der Waals surface area contributed by atoms with E-state index in [4.69, 9.17) is 0 Å². The average molecular weight is 351 g/mol. The fourth-order valence-corrected chi connectivity index (χ4v) is 4.37. The van der Waals surface area contributed by atoms with Crippen LogP contribution in [-0.4, -0.2) is 52.2 Å². The van der Waals surface area contributed by atoms with Crippen LogP contribution >= 0.6 is 0 Å². The predicted molar refractivity (Wildman–Crippen MR) is 104 cm³/mol. The van der Waals surface area contributed by atoms with Gasteiger partial charge in [-0.05, 0) is 48.4 Å². The first-order chi connectivity index (χ1) is 12.8. The van der Waals surface area contributed by atoms with Gasteiger partial charge in [0.2, 0.25) is 0 Å². The van der Waals surface area contributed by atoms with Gasteiger partial charge in [0.05, 0.1) is 0 Å². The minimum Gasteiger partial charge on any atom is -0.396 e. The Bertz CT molecular complexity index is 674. The molecule has 138 valence electrons. The summed E-state index contributed by atoms with van der Waals surface area (Å²) in [6.45, 7) is 4.43. The average Bonchev–Trinajstić information content (AvgIpc) is 3.51. The SMILES string of the molecule is OCCC1CN(C(c2ccncc2)C2CC2)CCN1Cc1ccccc1. The van der Waals surface area contributed by atoms with E-state index in [0.29, 0.717) is 12.1 Å². The Kier molecular flexibility index (Phi) is 5.63. The molecule has 1 aromatic heterocycles. The molecule has 26 heavy (non-hydrogen) atoms. The molecule has 4 heteroatoms. The van der Waals surface area contributed by atoms with E-state index >= 15 is 0 Å². The predicted octanol–water partition coefficient (Wildman–Crippen LogP) is 3.10. The van der Waals surface area contributed by atoms with Crippen molar-refractivity contribution in [2.45, 2.75) is 37.9 Å². The maximum Gasteiger partial charge on any atom is 0.0446 e. The lowest BCUT2D eigenvalue weighted by Crippen LogP contribution is -2.54. The highest BCUT2D eigenvalue weighted by atomic mass is 16.3. The Balaban J connectivity index is 1.48. The van der Waals surface area contributed by atoms with E-state index in [2.05, 4.69) is 57.2 Å². The molecule has 0 radical (unpaired) electrons. The van der Waals surface area contributed by atoms with Gasteiger partial charge in [-0.3, -0.25) is 14.8 Å². The van der Waals surface area contributed by atoms with Crippen molar-refractivity contribution in [2.75, 3.05) is 26.2 Å². The normalized spacial score (nSPS) is 23.0. The first kappa shape index (κ1) is 17.7. The van der Waals surface area contributed by atoms with Crippen LogP contribution in [0.5, 0.6) is 0 Å². The van der Waals surface area contributed by atoms with E-state index in [9.17, 15) is 5.11 Å². The number of rotatable bonds is 7. The van der Waals surface area contributed by atoms with E-state index in [0.717, 1.165) is 38.5 Å². The second-order valence-electron chi connectivity index (χ2n) is 7.68. The fourth-order valence-electron chi connectivity index (χ4n) is 4.37. The van der Waals surface area contributed by atoms with E-state index < -0.39 is 0 Å². The first-order valence-corrected chi connectivity index (χ1v) is 9.88. The molecule has 1 saturated carbocycles. The molecule has 2 atom stereocenters. The molecular formula is C22H29N3O. The minimum absolute atomic E-state index is 0.257. The van der Waals surface area contributed by atoms with Crippen molar-refractivity contribution >= 4 is 0 Å². The van der Waals surface area contributed by atoms with Crippen LogP contribution in [-0.2, 0) is 6.54 Å². The Morgan fingerprint density at radius 1 is 1.04 bits per heavy atom. The lowest BCUT2D eigenvalue weighted by atomic mass is 9.98. The van der Waals surface area contributed by atoms with Crippen LogP contribution in [0, 0.1) is 5.92 Å². The molecule has 2 aromatic rings. The minimum atomic E-state index is 0.257. The van der Waals surface area contributed by atoms with Gasteiger partial charge in [-0.15, -0.1) is 0 Å². The van der Waals surface area contributed by atoms with Crippen LogP contribution in [0.2, 0.25) is 0 Å². The largest absolute Gasteiger partial charge is 0.396 e. The summed E-state index contributed by atoms with van der Waals surface area (Å²) in [5.74, 6) is 0.785. The van der Waals surface area contributed by atoms with Gasteiger partial charge < -0.3 is 5.11 Å². The fraction of sp³-hybridized carbons (Fsp3) is 0.500. The molecule has 1 saturated heterocycles. The van der Waals surface area contributed by atoms with Crippen LogP contribution < -0.4 is 0 Å². The van der Waals surface area contributed by atoms with Crippen molar-refractivity contribution in [3.05, 3.63) is 66.0 Å². The Hall–Kier alpha value is -1.75. The second kappa shape index (κ2) is 8.30. The van der Waals surface area contributed by atoms with Crippen molar-refractivity contribution in [2.24, 2.45) is 5.92 Å². The van der Waals surface area contributed by atoms with E-state index in [1.807, 2.05) is 12.4 Å². The molecule has 4 nitrogen and oxygen atoms in total. The van der Waals surface area contributed by atoms with Gasteiger partial charge in [0.15, 0.2) is 0 Å². The van der Waals surface area contributed by atoms with Crippen LogP contribution in [0.1, 0.15) is 36.4 Å². The van der Waals surface area contributed by atoms with Crippen LogP contribution in [0.25, 0.3) is 0 Å². The van der Waals surface area contributed by atoms with Crippen LogP contribution in [0.15, 0.2) is 54.9 Å². The Morgan fingerprint density at radius 2 is 1.81 bits per heavy atom. The molecular weight excluding hydrogens is 322 g/mol. The van der Waals surface area contributed by atoms with Gasteiger partial charge in [-0.1, -0.05) is 30.3 Å². The van der Waals surface area contributed by atoms with E-state index in [1.54, 1.807) is 0 Å². The summed E-state index contributed by atoms with van der Waals surface area (Å²) in [6, 6.07) is 16.0.